The van der Waals surface area contributed by atoms with Gasteiger partial charge >= 0.3 is 0 Å². The molecule has 0 radical (unpaired) electrons. The Bertz CT molecular complexity index is 1100. The monoisotopic (exact) mass is 536 g/mol. The van der Waals surface area contributed by atoms with E-state index in [2.05, 4.69) is 46.8 Å². The van der Waals surface area contributed by atoms with Gasteiger partial charge < -0.3 is 9.90 Å². The van der Waals surface area contributed by atoms with Gasteiger partial charge in [-0.2, -0.15) is 0 Å². The number of allylic oxidation sites excluding steroid dienone is 10. The number of hydrogen-bond acceptors (Lipinski definition) is 4. The number of ketones is 2. The molecule has 0 aliphatic heterocycles. The highest BCUT2D eigenvalue weighted by molar-refractivity contribution is 6.21. The summed E-state index contributed by atoms with van der Waals surface area (Å²) in [5.41, 5.74) is 1.91. The number of hydrogen-bond donors (Lipinski definition) is 1. The average Bonchev–Trinajstić information content (AvgIpc) is 2.84. The van der Waals surface area contributed by atoms with Gasteiger partial charge in [0.1, 0.15) is 12.0 Å². The minimum absolute atomic E-state index is 0.0212. The van der Waals surface area contributed by atoms with Crippen molar-refractivity contribution in [2.24, 2.45) is 22.2 Å². The van der Waals surface area contributed by atoms with Gasteiger partial charge in [-0.05, 0) is 118 Å². The second kappa shape index (κ2) is 13.2. The lowest BCUT2D eigenvalue weighted by molar-refractivity contribution is -0.176. The second-order valence-corrected chi connectivity index (χ2v) is 13.2. The Morgan fingerprint density at radius 3 is 1.97 bits per heavy atom. The zero-order valence-corrected chi connectivity index (χ0v) is 26.0. The SMILES string of the molecule is CC(C)=CCCC1(C)C(CC=C(C)C)CC2(CC=C(C)C)C(=O)C1(CCCC=O)C(=O)C(CC=C(C)C)=C2O. The van der Waals surface area contributed by atoms with Crippen LogP contribution in [0.4, 0.5) is 0 Å². The molecule has 4 unspecified atom stereocenters. The number of carbonyl (C=O) groups is 3. The first-order valence-electron chi connectivity index (χ1n) is 14.7. The fraction of sp³-hybridized carbons (Fsp3) is 0.629. The normalized spacial score (nSPS) is 28.1. The summed E-state index contributed by atoms with van der Waals surface area (Å²) in [7, 11) is 0. The van der Waals surface area contributed by atoms with Crippen molar-refractivity contribution in [3.8, 4) is 0 Å². The maximum atomic E-state index is 15.0. The molecule has 0 spiro atoms. The fourth-order valence-corrected chi connectivity index (χ4v) is 6.88. The van der Waals surface area contributed by atoms with Gasteiger partial charge in [-0.1, -0.05) is 53.5 Å². The Labute approximate surface area is 237 Å². The Morgan fingerprint density at radius 2 is 1.44 bits per heavy atom. The zero-order valence-electron chi connectivity index (χ0n) is 26.0. The topological polar surface area (TPSA) is 71.4 Å². The van der Waals surface area contributed by atoms with Crippen LogP contribution in [0.5, 0.6) is 0 Å². The first-order chi connectivity index (χ1) is 18.2. The first-order valence-corrected chi connectivity index (χ1v) is 14.7. The summed E-state index contributed by atoms with van der Waals surface area (Å²) < 4.78 is 0. The van der Waals surface area contributed by atoms with Crippen LogP contribution in [0.25, 0.3) is 0 Å². The number of fused-ring (bicyclic) bond motifs is 2. The zero-order chi connectivity index (χ0) is 29.6. The van der Waals surface area contributed by atoms with E-state index in [-0.39, 0.29) is 23.2 Å². The van der Waals surface area contributed by atoms with Crippen LogP contribution in [0.2, 0.25) is 0 Å². The Balaban J connectivity index is 2.98. The van der Waals surface area contributed by atoms with Crippen LogP contribution in [-0.2, 0) is 14.4 Å². The molecule has 0 aromatic rings. The predicted octanol–water partition coefficient (Wildman–Crippen LogP) is 9.13. The Morgan fingerprint density at radius 1 is 0.846 bits per heavy atom. The number of rotatable bonds is 13. The lowest BCUT2D eigenvalue weighted by atomic mass is 9.38. The summed E-state index contributed by atoms with van der Waals surface area (Å²) in [4.78, 5) is 41.2. The molecular formula is C35H52O4. The highest BCUT2D eigenvalue weighted by atomic mass is 16.3. The third kappa shape index (κ3) is 6.47. The van der Waals surface area contributed by atoms with E-state index in [1.165, 1.54) is 11.1 Å². The molecule has 2 bridgehead atoms. The van der Waals surface area contributed by atoms with Crippen LogP contribution < -0.4 is 0 Å². The Hall–Kier alpha value is -2.49. The number of carbonyl (C=O) groups excluding carboxylic acids is 3. The highest BCUT2D eigenvalue weighted by Crippen LogP contribution is 2.68. The van der Waals surface area contributed by atoms with Gasteiger partial charge in [0, 0.05) is 12.0 Å². The predicted molar refractivity (Wildman–Crippen MR) is 161 cm³/mol. The van der Waals surface area contributed by atoms with Crippen molar-refractivity contribution in [1.82, 2.24) is 0 Å². The molecule has 2 aliphatic rings. The number of aliphatic hydroxyl groups excluding tert-OH is 1. The van der Waals surface area contributed by atoms with E-state index in [9.17, 15) is 19.5 Å². The molecule has 0 saturated heterocycles. The van der Waals surface area contributed by atoms with Crippen LogP contribution >= 0.6 is 0 Å². The van der Waals surface area contributed by atoms with Gasteiger partial charge in [0.2, 0.25) is 0 Å². The van der Waals surface area contributed by atoms with Crippen molar-refractivity contribution < 1.29 is 19.5 Å². The molecule has 0 heterocycles. The summed E-state index contributed by atoms with van der Waals surface area (Å²) in [6, 6.07) is 0. The van der Waals surface area contributed by atoms with Crippen molar-refractivity contribution in [2.45, 2.75) is 120 Å². The van der Waals surface area contributed by atoms with Gasteiger partial charge in [0.15, 0.2) is 11.6 Å². The largest absolute Gasteiger partial charge is 0.511 e. The van der Waals surface area contributed by atoms with E-state index in [1.807, 2.05) is 39.8 Å². The Kier molecular flexibility index (Phi) is 11.1. The van der Waals surface area contributed by atoms with Crippen LogP contribution in [0.3, 0.4) is 0 Å². The average molecular weight is 537 g/mol. The van der Waals surface area contributed by atoms with Crippen molar-refractivity contribution in [2.75, 3.05) is 0 Å². The van der Waals surface area contributed by atoms with E-state index < -0.39 is 16.2 Å². The van der Waals surface area contributed by atoms with Crippen molar-refractivity contribution >= 4 is 17.9 Å². The molecule has 0 amide bonds. The molecule has 4 atom stereocenters. The standard InChI is InChI=1S/C35H52O4/c1-24(2)13-12-19-33(9)28(16-14-25(3)4)23-34(21-18-27(7)8)30(37)29(17-15-26(5)6)31(38)35(33,32(34)39)20-10-11-22-36/h13-15,18,22,28,37H,10-12,16-17,19-21,23H2,1-9H3. The summed E-state index contributed by atoms with van der Waals surface area (Å²) in [5.74, 6) is -0.349. The van der Waals surface area contributed by atoms with Gasteiger partial charge in [0.25, 0.3) is 0 Å². The fourth-order valence-electron chi connectivity index (χ4n) is 6.88. The van der Waals surface area contributed by atoms with Crippen LogP contribution in [0.1, 0.15) is 120 Å². The number of aliphatic hydroxyl groups is 1. The lowest BCUT2D eigenvalue weighted by Crippen LogP contribution is -2.67. The quantitative estimate of drug-likeness (QED) is 0.110. The molecule has 39 heavy (non-hydrogen) atoms. The summed E-state index contributed by atoms with van der Waals surface area (Å²) in [6.45, 7) is 18.4. The third-order valence-corrected chi connectivity index (χ3v) is 9.17. The molecule has 1 N–H and O–H groups in total. The molecule has 4 heteroatoms. The second-order valence-electron chi connectivity index (χ2n) is 13.2. The van der Waals surface area contributed by atoms with Crippen molar-refractivity contribution in [3.63, 3.8) is 0 Å². The van der Waals surface area contributed by atoms with Gasteiger partial charge in [-0.3, -0.25) is 9.59 Å². The first kappa shape index (κ1) is 32.7. The van der Waals surface area contributed by atoms with E-state index in [0.717, 1.165) is 30.3 Å². The minimum atomic E-state index is -1.28. The summed E-state index contributed by atoms with van der Waals surface area (Å²) >= 11 is 0. The van der Waals surface area contributed by atoms with Crippen LogP contribution in [0, 0.1) is 22.2 Å². The van der Waals surface area contributed by atoms with Crippen molar-refractivity contribution in [1.29, 1.82) is 0 Å². The van der Waals surface area contributed by atoms with E-state index in [4.69, 9.17) is 0 Å². The molecule has 4 nitrogen and oxygen atoms in total. The summed E-state index contributed by atoms with van der Waals surface area (Å²) in [5, 5.41) is 11.9. The minimum Gasteiger partial charge on any atom is -0.511 e. The van der Waals surface area contributed by atoms with Crippen LogP contribution in [-0.4, -0.2) is 23.0 Å². The molecule has 0 aromatic heterocycles. The molecule has 1 saturated carbocycles. The number of aldehydes is 1. The van der Waals surface area contributed by atoms with Gasteiger partial charge in [0.05, 0.1) is 10.8 Å². The summed E-state index contributed by atoms with van der Waals surface area (Å²) in [6.07, 6.45) is 13.9. The maximum absolute atomic E-state index is 15.0. The van der Waals surface area contributed by atoms with Crippen molar-refractivity contribution in [3.05, 3.63) is 57.9 Å². The number of Topliss-reactive ketones (excluding diaryl/α,β-unsaturated/α-hetero) is 2. The van der Waals surface area contributed by atoms with E-state index >= 15 is 0 Å². The van der Waals surface area contributed by atoms with E-state index in [0.29, 0.717) is 50.5 Å². The third-order valence-electron chi connectivity index (χ3n) is 9.17. The molecule has 0 aromatic carbocycles. The molecular weight excluding hydrogens is 484 g/mol. The van der Waals surface area contributed by atoms with Crippen LogP contribution in [0.15, 0.2) is 57.9 Å². The van der Waals surface area contributed by atoms with E-state index in [1.54, 1.807) is 0 Å². The highest BCUT2D eigenvalue weighted by Gasteiger charge is 2.72. The molecule has 2 rings (SSSR count). The maximum Gasteiger partial charge on any atom is 0.176 e. The van der Waals surface area contributed by atoms with Gasteiger partial charge in [-0.25, -0.2) is 0 Å². The molecule has 1 fully saturated rings. The lowest BCUT2D eigenvalue weighted by Gasteiger charge is -2.62. The molecule has 2 aliphatic carbocycles. The number of unbranched alkanes of at least 4 members (excludes halogenated alkanes) is 1. The smallest absolute Gasteiger partial charge is 0.176 e. The molecule has 216 valence electrons. The van der Waals surface area contributed by atoms with Gasteiger partial charge in [-0.15, -0.1) is 0 Å².